The van der Waals surface area contributed by atoms with Crippen LogP contribution in [0.5, 0.6) is 0 Å². The summed E-state index contributed by atoms with van der Waals surface area (Å²) in [6, 6.07) is 2.90. The van der Waals surface area contributed by atoms with Crippen molar-refractivity contribution in [3.05, 3.63) is 39.7 Å². The number of carbonyl (C=O) groups excluding carboxylic acids is 1. The van der Waals surface area contributed by atoms with Crippen molar-refractivity contribution in [3.63, 3.8) is 0 Å². The molecule has 0 aromatic heterocycles. The standard InChI is InChI=1S/C12H15FN2O4/c1-14(6-3-7-19-2)12(16)10-8-9(15(17)18)4-5-11(10)13/h4-5,8H,3,6-7H2,1-2H3. The number of non-ortho nitro benzene ring substituents is 1. The van der Waals surface area contributed by atoms with Crippen LogP contribution in [0.25, 0.3) is 0 Å². The fourth-order valence-electron chi connectivity index (χ4n) is 1.54. The molecule has 1 aromatic rings. The van der Waals surface area contributed by atoms with Gasteiger partial charge in [0.05, 0.1) is 10.5 Å². The number of nitrogens with zero attached hydrogens (tertiary/aromatic N) is 2. The summed E-state index contributed by atoms with van der Waals surface area (Å²) in [5.41, 5.74) is -0.607. The van der Waals surface area contributed by atoms with Gasteiger partial charge in [0, 0.05) is 39.4 Å². The van der Waals surface area contributed by atoms with Gasteiger partial charge in [-0.15, -0.1) is 0 Å². The number of benzene rings is 1. The summed E-state index contributed by atoms with van der Waals surface area (Å²) in [5.74, 6) is -1.36. The molecule has 0 radical (unpaired) electrons. The second-order valence-corrected chi connectivity index (χ2v) is 3.99. The molecule has 0 spiro atoms. The van der Waals surface area contributed by atoms with E-state index in [0.29, 0.717) is 19.6 Å². The Morgan fingerprint density at radius 1 is 1.53 bits per heavy atom. The van der Waals surface area contributed by atoms with E-state index in [1.54, 1.807) is 7.11 Å². The van der Waals surface area contributed by atoms with Crippen LogP contribution in [0.4, 0.5) is 10.1 Å². The zero-order chi connectivity index (χ0) is 14.4. The summed E-state index contributed by atoms with van der Waals surface area (Å²) in [6.45, 7) is 0.865. The fraction of sp³-hybridized carbons (Fsp3) is 0.417. The summed E-state index contributed by atoms with van der Waals surface area (Å²) in [5, 5.41) is 10.6. The highest BCUT2D eigenvalue weighted by Crippen LogP contribution is 2.18. The van der Waals surface area contributed by atoms with Crippen molar-refractivity contribution in [3.8, 4) is 0 Å². The lowest BCUT2D eigenvalue weighted by molar-refractivity contribution is -0.384. The molecule has 0 unspecified atom stereocenters. The van der Waals surface area contributed by atoms with Gasteiger partial charge in [-0.3, -0.25) is 14.9 Å². The van der Waals surface area contributed by atoms with Crippen LogP contribution in [0.1, 0.15) is 16.8 Å². The van der Waals surface area contributed by atoms with E-state index in [4.69, 9.17) is 4.74 Å². The smallest absolute Gasteiger partial charge is 0.270 e. The van der Waals surface area contributed by atoms with Crippen LogP contribution in [-0.4, -0.2) is 43.0 Å². The first-order valence-electron chi connectivity index (χ1n) is 5.65. The predicted molar refractivity (Wildman–Crippen MR) is 66.5 cm³/mol. The van der Waals surface area contributed by atoms with E-state index >= 15 is 0 Å². The van der Waals surface area contributed by atoms with Crippen molar-refractivity contribution < 1.29 is 18.8 Å². The van der Waals surface area contributed by atoms with E-state index in [1.165, 1.54) is 11.9 Å². The molecule has 1 aromatic carbocycles. The third-order valence-corrected chi connectivity index (χ3v) is 2.58. The molecule has 0 aliphatic rings. The molecule has 0 N–H and O–H groups in total. The molecule has 0 saturated heterocycles. The Hall–Kier alpha value is -2.02. The average molecular weight is 270 g/mol. The van der Waals surface area contributed by atoms with Gasteiger partial charge in [-0.2, -0.15) is 0 Å². The monoisotopic (exact) mass is 270 g/mol. The molecule has 7 heteroatoms. The van der Waals surface area contributed by atoms with Crippen molar-refractivity contribution in [2.75, 3.05) is 27.3 Å². The number of methoxy groups -OCH3 is 1. The van der Waals surface area contributed by atoms with E-state index < -0.39 is 16.6 Å². The van der Waals surface area contributed by atoms with Gasteiger partial charge in [-0.1, -0.05) is 0 Å². The van der Waals surface area contributed by atoms with Gasteiger partial charge < -0.3 is 9.64 Å². The zero-order valence-corrected chi connectivity index (χ0v) is 10.8. The molecule has 0 saturated carbocycles. The predicted octanol–water partition coefficient (Wildman–Crippen LogP) is 1.84. The fourth-order valence-corrected chi connectivity index (χ4v) is 1.54. The van der Waals surface area contributed by atoms with Crippen LogP contribution in [0.15, 0.2) is 18.2 Å². The summed E-state index contributed by atoms with van der Waals surface area (Å²) in [7, 11) is 3.05. The molecule has 1 amide bonds. The summed E-state index contributed by atoms with van der Waals surface area (Å²) in [6.07, 6.45) is 0.606. The number of carbonyl (C=O) groups is 1. The van der Waals surface area contributed by atoms with Crippen molar-refractivity contribution in [2.24, 2.45) is 0 Å². The summed E-state index contributed by atoms with van der Waals surface area (Å²) >= 11 is 0. The van der Waals surface area contributed by atoms with E-state index in [1.807, 2.05) is 0 Å². The highest BCUT2D eigenvalue weighted by atomic mass is 19.1. The first kappa shape index (κ1) is 15.0. The number of nitro groups is 1. The van der Waals surface area contributed by atoms with Gasteiger partial charge in [-0.05, 0) is 12.5 Å². The molecule has 0 aliphatic heterocycles. The average Bonchev–Trinajstić information content (AvgIpc) is 2.38. The van der Waals surface area contributed by atoms with E-state index in [-0.39, 0.29) is 11.3 Å². The lowest BCUT2D eigenvalue weighted by Crippen LogP contribution is -2.29. The maximum Gasteiger partial charge on any atom is 0.270 e. The van der Waals surface area contributed by atoms with Gasteiger partial charge in [-0.25, -0.2) is 4.39 Å². The van der Waals surface area contributed by atoms with E-state index in [2.05, 4.69) is 0 Å². The Morgan fingerprint density at radius 2 is 2.21 bits per heavy atom. The number of nitro benzene ring substituents is 1. The molecule has 0 heterocycles. The number of rotatable bonds is 6. The maximum absolute atomic E-state index is 13.5. The van der Waals surface area contributed by atoms with E-state index in [9.17, 15) is 19.3 Å². The Labute approximate surface area is 109 Å². The van der Waals surface area contributed by atoms with Crippen LogP contribution in [0.3, 0.4) is 0 Å². The third kappa shape index (κ3) is 3.99. The molecule has 6 nitrogen and oxygen atoms in total. The van der Waals surface area contributed by atoms with Gasteiger partial charge in [0.15, 0.2) is 0 Å². The molecule has 0 aliphatic carbocycles. The third-order valence-electron chi connectivity index (χ3n) is 2.58. The molecule has 19 heavy (non-hydrogen) atoms. The minimum atomic E-state index is -0.769. The van der Waals surface area contributed by atoms with Crippen LogP contribution >= 0.6 is 0 Å². The number of ether oxygens (including phenoxy) is 1. The molecular weight excluding hydrogens is 255 g/mol. The summed E-state index contributed by atoms with van der Waals surface area (Å²) in [4.78, 5) is 23.2. The first-order valence-corrected chi connectivity index (χ1v) is 5.65. The molecular formula is C12H15FN2O4. The van der Waals surface area contributed by atoms with Crippen LogP contribution < -0.4 is 0 Å². The van der Waals surface area contributed by atoms with Gasteiger partial charge in [0.1, 0.15) is 5.82 Å². The topological polar surface area (TPSA) is 72.7 Å². The molecule has 1 rings (SSSR count). The Balaban J connectivity index is 2.86. The Bertz CT molecular complexity index is 479. The van der Waals surface area contributed by atoms with E-state index in [0.717, 1.165) is 18.2 Å². The van der Waals surface area contributed by atoms with Crippen LogP contribution in [0, 0.1) is 15.9 Å². The molecule has 0 fully saturated rings. The van der Waals surface area contributed by atoms with Crippen molar-refractivity contribution in [1.82, 2.24) is 4.90 Å². The second kappa shape index (κ2) is 6.79. The first-order chi connectivity index (χ1) is 8.97. The minimum absolute atomic E-state index is 0.297. The Morgan fingerprint density at radius 3 is 2.79 bits per heavy atom. The van der Waals surface area contributed by atoms with Crippen molar-refractivity contribution in [2.45, 2.75) is 6.42 Å². The molecule has 104 valence electrons. The number of amides is 1. The Kier molecular flexibility index (Phi) is 5.37. The van der Waals surface area contributed by atoms with Gasteiger partial charge in [0.25, 0.3) is 11.6 Å². The number of hydrogen-bond acceptors (Lipinski definition) is 4. The quantitative estimate of drug-likeness (QED) is 0.449. The van der Waals surface area contributed by atoms with Crippen LogP contribution in [0.2, 0.25) is 0 Å². The normalized spacial score (nSPS) is 10.3. The highest BCUT2D eigenvalue weighted by molar-refractivity contribution is 5.94. The summed E-state index contributed by atoms with van der Waals surface area (Å²) < 4.78 is 18.4. The second-order valence-electron chi connectivity index (χ2n) is 3.99. The lowest BCUT2D eigenvalue weighted by atomic mass is 10.1. The SMILES string of the molecule is COCCCN(C)C(=O)c1cc([N+](=O)[O-])ccc1F. The molecule has 0 atom stereocenters. The van der Waals surface area contributed by atoms with Crippen molar-refractivity contribution >= 4 is 11.6 Å². The molecule has 0 bridgehead atoms. The van der Waals surface area contributed by atoms with Crippen LogP contribution in [-0.2, 0) is 4.74 Å². The minimum Gasteiger partial charge on any atom is -0.385 e. The number of halogens is 1. The van der Waals surface area contributed by atoms with Gasteiger partial charge >= 0.3 is 0 Å². The number of hydrogen-bond donors (Lipinski definition) is 0. The van der Waals surface area contributed by atoms with Crippen molar-refractivity contribution in [1.29, 1.82) is 0 Å². The maximum atomic E-state index is 13.5. The largest absolute Gasteiger partial charge is 0.385 e. The van der Waals surface area contributed by atoms with Gasteiger partial charge in [0.2, 0.25) is 0 Å². The lowest BCUT2D eigenvalue weighted by Gasteiger charge is -2.17. The zero-order valence-electron chi connectivity index (χ0n) is 10.8. The highest BCUT2D eigenvalue weighted by Gasteiger charge is 2.19.